The molecule has 2 rings (SSSR count). The minimum atomic E-state index is -0.238. The number of anilines is 1. The van der Waals surface area contributed by atoms with Gasteiger partial charge in [-0.05, 0) is 36.4 Å². The van der Waals surface area contributed by atoms with Gasteiger partial charge in [-0.1, -0.05) is 30.0 Å². The fraction of sp³-hybridized carbons (Fsp3) is 0.0667. The average Bonchev–Trinajstić information content (AvgIpc) is 2.38. The molecule has 2 aromatic carbocycles. The van der Waals surface area contributed by atoms with Crippen molar-refractivity contribution in [2.45, 2.75) is 0 Å². The van der Waals surface area contributed by atoms with Crippen molar-refractivity contribution >= 4 is 5.69 Å². The summed E-state index contributed by atoms with van der Waals surface area (Å²) in [6, 6.07) is 16.0. The summed E-state index contributed by atoms with van der Waals surface area (Å²) in [5.41, 5.74) is 1.86. The van der Waals surface area contributed by atoms with Crippen LogP contribution in [0.15, 0.2) is 54.6 Å². The van der Waals surface area contributed by atoms with Crippen molar-refractivity contribution in [1.82, 2.24) is 0 Å². The Balaban J connectivity index is 1.89. The molecule has 1 N–H and O–H groups in total. The van der Waals surface area contributed by atoms with Crippen LogP contribution in [-0.4, -0.2) is 6.54 Å². The highest BCUT2D eigenvalue weighted by atomic mass is 19.1. The summed E-state index contributed by atoms with van der Waals surface area (Å²) in [4.78, 5) is 0. The lowest BCUT2D eigenvalue weighted by atomic mass is 10.2. The number of rotatable bonds is 2. The second kappa shape index (κ2) is 5.72. The first-order chi connectivity index (χ1) is 8.34. The fourth-order valence-corrected chi connectivity index (χ4v) is 1.38. The van der Waals surface area contributed by atoms with Gasteiger partial charge in [0.25, 0.3) is 0 Å². The van der Waals surface area contributed by atoms with E-state index in [-0.39, 0.29) is 5.82 Å². The molecule has 0 aliphatic heterocycles. The summed E-state index contributed by atoms with van der Waals surface area (Å²) in [5.74, 6) is 5.71. The van der Waals surface area contributed by atoms with Crippen molar-refractivity contribution in [2.75, 3.05) is 11.9 Å². The molecule has 0 saturated carbocycles. The molecular weight excluding hydrogens is 213 g/mol. The SMILES string of the molecule is Fc1ccc(C#CCNc2ccccc2)cc1. The first kappa shape index (κ1) is 11.2. The van der Waals surface area contributed by atoms with E-state index in [9.17, 15) is 4.39 Å². The van der Waals surface area contributed by atoms with Crippen molar-refractivity contribution in [3.8, 4) is 11.8 Å². The zero-order chi connectivity index (χ0) is 11.9. The highest BCUT2D eigenvalue weighted by molar-refractivity contribution is 5.44. The highest BCUT2D eigenvalue weighted by Crippen LogP contribution is 2.03. The van der Waals surface area contributed by atoms with E-state index >= 15 is 0 Å². The molecule has 0 aliphatic rings. The number of hydrogen-bond donors (Lipinski definition) is 1. The van der Waals surface area contributed by atoms with Gasteiger partial charge < -0.3 is 5.32 Å². The third-order valence-corrected chi connectivity index (χ3v) is 2.23. The molecule has 0 aliphatic carbocycles. The summed E-state index contributed by atoms with van der Waals surface area (Å²) in [6.45, 7) is 0.571. The molecule has 0 radical (unpaired) electrons. The van der Waals surface area contributed by atoms with Crippen LogP contribution in [0.1, 0.15) is 5.56 Å². The Kier molecular flexibility index (Phi) is 3.77. The Labute approximate surface area is 100 Å². The van der Waals surface area contributed by atoms with Crippen LogP contribution in [0.25, 0.3) is 0 Å². The topological polar surface area (TPSA) is 12.0 Å². The van der Waals surface area contributed by atoms with Crippen molar-refractivity contribution in [3.63, 3.8) is 0 Å². The molecule has 0 unspecified atom stereocenters. The van der Waals surface area contributed by atoms with Crippen LogP contribution >= 0.6 is 0 Å². The summed E-state index contributed by atoms with van der Waals surface area (Å²) >= 11 is 0. The van der Waals surface area contributed by atoms with Gasteiger partial charge in [-0.25, -0.2) is 4.39 Å². The predicted molar refractivity (Wildman–Crippen MR) is 68.2 cm³/mol. The molecule has 0 aromatic heterocycles. The summed E-state index contributed by atoms with van der Waals surface area (Å²) in [7, 11) is 0. The highest BCUT2D eigenvalue weighted by Gasteiger charge is 1.88. The number of para-hydroxylation sites is 1. The van der Waals surface area contributed by atoms with Gasteiger partial charge in [-0.2, -0.15) is 0 Å². The van der Waals surface area contributed by atoms with E-state index in [1.165, 1.54) is 12.1 Å². The van der Waals surface area contributed by atoms with E-state index in [2.05, 4.69) is 17.2 Å². The minimum Gasteiger partial charge on any atom is -0.374 e. The molecule has 17 heavy (non-hydrogen) atoms. The lowest BCUT2D eigenvalue weighted by Gasteiger charge is -1.99. The van der Waals surface area contributed by atoms with Gasteiger partial charge >= 0.3 is 0 Å². The van der Waals surface area contributed by atoms with Gasteiger partial charge in [-0.3, -0.25) is 0 Å². The molecule has 0 bridgehead atoms. The second-order valence-electron chi connectivity index (χ2n) is 3.53. The zero-order valence-corrected chi connectivity index (χ0v) is 9.28. The molecule has 84 valence electrons. The number of benzene rings is 2. The van der Waals surface area contributed by atoms with Gasteiger partial charge in [0.2, 0.25) is 0 Å². The molecule has 0 spiro atoms. The molecule has 1 nitrogen and oxygen atoms in total. The van der Waals surface area contributed by atoms with Crippen LogP contribution in [0.5, 0.6) is 0 Å². The molecule has 0 fully saturated rings. The average molecular weight is 225 g/mol. The van der Waals surface area contributed by atoms with Crippen LogP contribution in [-0.2, 0) is 0 Å². The van der Waals surface area contributed by atoms with E-state index < -0.39 is 0 Å². The maximum Gasteiger partial charge on any atom is 0.123 e. The van der Waals surface area contributed by atoms with E-state index in [4.69, 9.17) is 0 Å². The smallest absolute Gasteiger partial charge is 0.123 e. The van der Waals surface area contributed by atoms with Gasteiger partial charge in [0.05, 0.1) is 6.54 Å². The van der Waals surface area contributed by atoms with Gasteiger partial charge in [-0.15, -0.1) is 0 Å². The normalized spacial score (nSPS) is 9.24. The van der Waals surface area contributed by atoms with Crippen molar-refractivity contribution in [1.29, 1.82) is 0 Å². The van der Waals surface area contributed by atoms with Crippen molar-refractivity contribution in [3.05, 3.63) is 66.0 Å². The first-order valence-corrected chi connectivity index (χ1v) is 5.38. The standard InChI is InChI=1S/C15H12FN/c16-14-10-8-13(9-11-14)5-4-12-17-15-6-2-1-3-7-15/h1-3,6-11,17H,12H2. The van der Waals surface area contributed by atoms with Crippen LogP contribution in [0, 0.1) is 17.7 Å². The van der Waals surface area contributed by atoms with E-state index in [0.717, 1.165) is 11.3 Å². The lowest BCUT2D eigenvalue weighted by molar-refractivity contribution is 0.627. The molecule has 0 amide bonds. The maximum absolute atomic E-state index is 12.6. The third kappa shape index (κ3) is 3.66. The Morgan fingerprint density at radius 1 is 0.941 bits per heavy atom. The fourth-order valence-electron chi connectivity index (χ4n) is 1.38. The number of halogens is 1. The van der Waals surface area contributed by atoms with Crippen LogP contribution in [0.4, 0.5) is 10.1 Å². The van der Waals surface area contributed by atoms with Crippen LogP contribution in [0.3, 0.4) is 0 Å². The first-order valence-electron chi connectivity index (χ1n) is 5.38. The Hall–Kier alpha value is -2.27. The zero-order valence-electron chi connectivity index (χ0n) is 9.28. The Morgan fingerprint density at radius 3 is 2.35 bits per heavy atom. The molecule has 0 heterocycles. The van der Waals surface area contributed by atoms with Crippen LogP contribution < -0.4 is 5.32 Å². The van der Waals surface area contributed by atoms with Gasteiger partial charge in [0, 0.05) is 11.3 Å². The Morgan fingerprint density at radius 2 is 1.65 bits per heavy atom. The quantitative estimate of drug-likeness (QED) is 0.773. The largest absolute Gasteiger partial charge is 0.374 e. The maximum atomic E-state index is 12.6. The molecule has 2 aromatic rings. The van der Waals surface area contributed by atoms with Crippen molar-refractivity contribution < 1.29 is 4.39 Å². The lowest BCUT2D eigenvalue weighted by Crippen LogP contribution is -1.97. The third-order valence-electron chi connectivity index (χ3n) is 2.23. The molecule has 0 atom stereocenters. The Bertz CT molecular complexity index is 520. The number of hydrogen-bond acceptors (Lipinski definition) is 1. The van der Waals surface area contributed by atoms with E-state index in [1.54, 1.807) is 12.1 Å². The minimum absolute atomic E-state index is 0.238. The van der Waals surface area contributed by atoms with E-state index in [0.29, 0.717) is 6.54 Å². The van der Waals surface area contributed by atoms with Crippen molar-refractivity contribution in [2.24, 2.45) is 0 Å². The summed E-state index contributed by atoms with van der Waals surface area (Å²) in [5, 5.41) is 3.18. The van der Waals surface area contributed by atoms with Gasteiger partial charge in [0.15, 0.2) is 0 Å². The van der Waals surface area contributed by atoms with Crippen LogP contribution in [0.2, 0.25) is 0 Å². The summed E-state index contributed by atoms with van der Waals surface area (Å²) in [6.07, 6.45) is 0. The predicted octanol–water partition coefficient (Wildman–Crippen LogP) is 3.29. The molecule has 0 saturated heterocycles. The van der Waals surface area contributed by atoms with Gasteiger partial charge in [0.1, 0.15) is 5.82 Å². The monoisotopic (exact) mass is 225 g/mol. The molecular formula is C15H12FN. The van der Waals surface area contributed by atoms with E-state index in [1.807, 2.05) is 30.3 Å². The summed E-state index contributed by atoms with van der Waals surface area (Å²) < 4.78 is 12.6. The molecule has 2 heteroatoms. The number of nitrogens with one attached hydrogen (secondary N) is 1. The second-order valence-corrected chi connectivity index (χ2v) is 3.53.